The molecule has 1 aliphatic rings. The fourth-order valence-electron chi connectivity index (χ4n) is 2.09. The Hall–Kier alpha value is -1.29. The molecule has 0 aliphatic heterocycles. The Morgan fingerprint density at radius 2 is 2.17 bits per heavy atom. The van der Waals surface area contributed by atoms with Crippen LogP contribution in [0.1, 0.15) is 56.1 Å². The normalized spacial score (nSPS) is 15.7. The number of hydrogen-bond donors (Lipinski definition) is 2. The van der Waals surface area contributed by atoms with Gasteiger partial charge in [-0.1, -0.05) is 13.8 Å². The highest BCUT2D eigenvalue weighted by atomic mass is 16.3. The average molecular weight is 250 g/mol. The van der Waals surface area contributed by atoms with Crippen LogP contribution < -0.4 is 5.32 Å². The Balaban J connectivity index is 1.97. The van der Waals surface area contributed by atoms with E-state index in [1.54, 1.807) is 0 Å². The Bertz CT molecular complexity index is 417. The monoisotopic (exact) mass is 250 g/mol. The first-order valence-electron chi connectivity index (χ1n) is 6.77. The number of nitrogens with zero attached hydrogens (tertiary/aromatic N) is 1. The number of carbonyl (C=O) groups is 1. The van der Waals surface area contributed by atoms with Gasteiger partial charge < -0.3 is 15.0 Å². The smallest absolute Gasteiger partial charge is 0.268 e. The van der Waals surface area contributed by atoms with E-state index in [0.717, 1.165) is 12.8 Å². The maximum Gasteiger partial charge on any atom is 0.268 e. The van der Waals surface area contributed by atoms with E-state index in [1.807, 2.05) is 36.7 Å². The first kappa shape index (κ1) is 13.1. The lowest BCUT2D eigenvalue weighted by Gasteiger charge is -2.25. The van der Waals surface area contributed by atoms with Crippen molar-refractivity contribution in [2.75, 3.05) is 6.54 Å². The first-order valence-corrected chi connectivity index (χ1v) is 6.77. The van der Waals surface area contributed by atoms with E-state index in [9.17, 15) is 9.90 Å². The van der Waals surface area contributed by atoms with Gasteiger partial charge in [-0.2, -0.15) is 0 Å². The summed E-state index contributed by atoms with van der Waals surface area (Å²) < 4.78 is 2.03. The molecule has 1 aliphatic carbocycles. The third-order valence-corrected chi connectivity index (χ3v) is 3.85. The van der Waals surface area contributed by atoms with E-state index < -0.39 is 5.60 Å². The number of amides is 1. The molecule has 4 heteroatoms. The van der Waals surface area contributed by atoms with Crippen LogP contribution in [-0.4, -0.2) is 27.7 Å². The van der Waals surface area contributed by atoms with Crippen LogP contribution in [0.2, 0.25) is 0 Å². The molecule has 100 valence electrons. The van der Waals surface area contributed by atoms with Crippen molar-refractivity contribution in [2.24, 2.45) is 0 Å². The molecule has 18 heavy (non-hydrogen) atoms. The van der Waals surface area contributed by atoms with Crippen LogP contribution >= 0.6 is 0 Å². The molecule has 1 aromatic rings. The van der Waals surface area contributed by atoms with Crippen molar-refractivity contribution in [2.45, 2.75) is 51.2 Å². The van der Waals surface area contributed by atoms with Gasteiger partial charge in [-0.3, -0.25) is 4.79 Å². The molecule has 1 amide bonds. The fourth-order valence-corrected chi connectivity index (χ4v) is 2.09. The summed E-state index contributed by atoms with van der Waals surface area (Å²) in [6, 6.07) is 4.24. The first-order chi connectivity index (χ1) is 8.59. The largest absolute Gasteiger partial charge is 0.388 e. The summed E-state index contributed by atoms with van der Waals surface area (Å²) in [7, 11) is 0. The molecule has 0 aromatic carbocycles. The predicted octanol–water partition coefficient (Wildman–Crippen LogP) is 2.10. The molecule has 0 unspecified atom stereocenters. The van der Waals surface area contributed by atoms with Crippen molar-refractivity contribution in [1.82, 2.24) is 9.88 Å². The Labute approximate surface area is 108 Å². The van der Waals surface area contributed by atoms with Crippen molar-refractivity contribution in [1.29, 1.82) is 0 Å². The summed E-state index contributed by atoms with van der Waals surface area (Å²) in [5.74, 6) is -0.0905. The molecule has 4 nitrogen and oxygen atoms in total. The van der Waals surface area contributed by atoms with Crippen molar-refractivity contribution >= 4 is 5.91 Å². The lowest BCUT2D eigenvalue weighted by Crippen LogP contribution is -2.42. The summed E-state index contributed by atoms with van der Waals surface area (Å²) in [5.41, 5.74) is -0.0841. The van der Waals surface area contributed by atoms with Crippen LogP contribution in [0.3, 0.4) is 0 Å². The summed E-state index contributed by atoms with van der Waals surface area (Å²) in [6.45, 7) is 4.18. The highest BCUT2D eigenvalue weighted by molar-refractivity contribution is 5.92. The van der Waals surface area contributed by atoms with Crippen molar-refractivity contribution in [3.8, 4) is 0 Å². The van der Waals surface area contributed by atoms with Gasteiger partial charge in [0.2, 0.25) is 0 Å². The maximum absolute atomic E-state index is 12.1. The third kappa shape index (κ3) is 2.75. The molecular weight excluding hydrogens is 228 g/mol. The van der Waals surface area contributed by atoms with Gasteiger partial charge in [-0.15, -0.1) is 0 Å². The zero-order valence-corrected chi connectivity index (χ0v) is 11.1. The maximum atomic E-state index is 12.1. The number of aromatic nitrogens is 1. The van der Waals surface area contributed by atoms with Gasteiger partial charge in [0.05, 0.1) is 5.60 Å². The molecule has 2 N–H and O–H groups in total. The van der Waals surface area contributed by atoms with E-state index in [-0.39, 0.29) is 5.91 Å². The predicted molar refractivity (Wildman–Crippen MR) is 70.6 cm³/mol. The van der Waals surface area contributed by atoms with E-state index >= 15 is 0 Å². The number of hydrogen-bond acceptors (Lipinski definition) is 2. The van der Waals surface area contributed by atoms with Gasteiger partial charge in [0.1, 0.15) is 5.69 Å². The molecule has 0 atom stereocenters. The standard InChI is InChI=1S/C14H22N2O2/c1-3-14(18,4-2)10-15-13(17)12-6-5-9-16(12)11-7-8-11/h5-6,9,11,18H,3-4,7-8,10H2,1-2H3,(H,15,17). The number of rotatable bonds is 6. The van der Waals surface area contributed by atoms with Crippen LogP contribution in [0, 0.1) is 0 Å². The molecule has 0 spiro atoms. The van der Waals surface area contributed by atoms with E-state index in [1.165, 1.54) is 0 Å². The lowest BCUT2D eigenvalue weighted by molar-refractivity contribution is 0.0312. The Morgan fingerprint density at radius 3 is 2.72 bits per heavy atom. The minimum atomic E-state index is -0.785. The quantitative estimate of drug-likeness (QED) is 0.812. The molecular formula is C14H22N2O2. The molecule has 1 fully saturated rings. The van der Waals surface area contributed by atoms with Gasteiger partial charge in [-0.25, -0.2) is 0 Å². The highest BCUT2D eigenvalue weighted by Crippen LogP contribution is 2.35. The summed E-state index contributed by atoms with van der Waals surface area (Å²) in [6.07, 6.45) is 5.56. The van der Waals surface area contributed by atoms with Crippen LogP contribution in [0.25, 0.3) is 0 Å². The van der Waals surface area contributed by atoms with Crippen molar-refractivity contribution in [3.05, 3.63) is 24.0 Å². The SMILES string of the molecule is CCC(O)(CC)CNC(=O)c1cccn1C1CC1. The molecule has 2 rings (SSSR count). The van der Waals surface area contributed by atoms with Gasteiger partial charge >= 0.3 is 0 Å². The van der Waals surface area contributed by atoms with E-state index in [4.69, 9.17) is 0 Å². The summed E-state index contributed by atoms with van der Waals surface area (Å²) >= 11 is 0. The minimum absolute atomic E-state index is 0.0905. The molecule has 1 heterocycles. The topological polar surface area (TPSA) is 54.3 Å². The zero-order chi connectivity index (χ0) is 13.2. The van der Waals surface area contributed by atoms with Gasteiger partial charge in [-0.05, 0) is 37.8 Å². The van der Waals surface area contributed by atoms with Crippen LogP contribution in [-0.2, 0) is 0 Å². The van der Waals surface area contributed by atoms with Gasteiger partial charge in [0.15, 0.2) is 0 Å². The molecule has 1 aromatic heterocycles. The minimum Gasteiger partial charge on any atom is -0.388 e. The highest BCUT2D eigenvalue weighted by Gasteiger charge is 2.28. The Morgan fingerprint density at radius 1 is 1.50 bits per heavy atom. The number of nitrogens with one attached hydrogen (secondary N) is 1. The average Bonchev–Trinajstić information content (AvgIpc) is 3.13. The third-order valence-electron chi connectivity index (χ3n) is 3.85. The Kier molecular flexibility index (Phi) is 3.76. The number of aliphatic hydroxyl groups is 1. The second kappa shape index (κ2) is 5.14. The number of carbonyl (C=O) groups excluding carboxylic acids is 1. The van der Waals surface area contributed by atoms with Gasteiger partial charge in [0, 0.05) is 18.8 Å². The van der Waals surface area contributed by atoms with Crippen molar-refractivity contribution < 1.29 is 9.90 Å². The van der Waals surface area contributed by atoms with Crippen LogP contribution in [0.4, 0.5) is 0 Å². The zero-order valence-electron chi connectivity index (χ0n) is 11.1. The summed E-state index contributed by atoms with van der Waals surface area (Å²) in [5, 5.41) is 13.0. The molecule has 0 saturated heterocycles. The van der Waals surface area contributed by atoms with Gasteiger partial charge in [0.25, 0.3) is 5.91 Å². The molecule has 0 bridgehead atoms. The summed E-state index contributed by atoms with van der Waals surface area (Å²) in [4.78, 5) is 12.1. The van der Waals surface area contributed by atoms with E-state index in [0.29, 0.717) is 31.1 Å². The van der Waals surface area contributed by atoms with Crippen LogP contribution in [0.15, 0.2) is 18.3 Å². The van der Waals surface area contributed by atoms with Crippen molar-refractivity contribution in [3.63, 3.8) is 0 Å². The lowest BCUT2D eigenvalue weighted by atomic mass is 9.97. The van der Waals surface area contributed by atoms with Crippen LogP contribution in [0.5, 0.6) is 0 Å². The van der Waals surface area contributed by atoms with E-state index in [2.05, 4.69) is 5.32 Å². The molecule has 1 saturated carbocycles. The second-order valence-electron chi connectivity index (χ2n) is 5.15. The second-order valence-corrected chi connectivity index (χ2v) is 5.15. The fraction of sp³-hybridized carbons (Fsp3) is 0.643. The molecule has 0 radical (unpaired) electrons.